The van der Waals surface area contributed by atoms with Gasteiger partial charge in [-0.15, -0.1) is 0 Å². The lowest BCUT2D eigenvalue weighted by atomic mass is 9.95. The van der Waals surface area contributed by atoms with Gasteiger partial charge >= 0.3 is 5.97 Å². The van der Waals surface area contributed by atoms with Crippen LogP contribution < -0.4 is 9.47 Å². The van der Waals surface area contributed by atoms with Crippen molar-refractivity contribution in [2.24, 2.45) is 0 Å². The summed E-state index contributed by atoms with van der Waals surface area (Å²) in [4.78, 5) is 11.2. The summed E-state index contributed by atoms with van der Waals surface area (Å²) in [6, 6.07) is 2.58. The third-order valence-electron chi connectivity index (χ3n) is 3.15. The summed E-state index contributed by atoms with van der Waals surface area (Å²) in [6.07, 6.45) is 0.906. The van der Waals surface area contributed by atoms with Gasteiger partial charge in [-0.05, 0) is 18.9 Å². The fraction of sp³-hybridized carbons (Fsp3) is 0.417. The van der Waals surface area contributed by atoms with Crippen LogP contribution in [0.25, 0.3) is 0 Å². The molecule has 1 aliphatic rings. The molecule has 0 spiro atoms. The van der Waals surface area contributed by atoms with Crippen molar-refractivity contribution in [3.05, 3.63) is 23.5 Å². The molecule has 17 heavy (non-hydrogen) atoms. The second-order valence-electron chi connectivity index (χ2n) is 4.07. The molecule has 0 aliphatic heterocycles. The zero-order valence-corrected chi connectivity index (χ0v) is 9.62. The van der Waals surface area contributed by atoms with Crippen LogP contribution in [0.5, 0.6) is 11.5 Å². The summed E-state index contributed by atoms with van der Waals surface area (Å²) in [5.41, 5.74) is -0.911. The molecule has 0 unspecified atom stereocenters. The highest BCUT2D eigenvalue weighted by Crippen LogP contribution is 2.51. The second-order valence-corrected chi connectivity index (χ2v) is 4.07. The van der Waals surface area contributed by atoms with Gasteiger partial charge in [-0.2, -0.15) is 0 Å². The van der Waals surface area contributed by atoms with Gasteiger partial charge in [0.25, 0.3) is 0 Å². The molecule has 1 N–H and O–H groups in total. The Kier molecular flexibility index (Phi) is 2.69. The molecule has 1 aromatic carbocycles. The lowest BCUT2D eigenvalue weighted by Crippen LogP contribution is -2.21. The van der Waals surface area contributed by atoms with E-state index in [1.165, 1.54) is 20.3 Å². The molecule has 1 aromatic rings. The molecule has 0 aromatic heterocycles. The number of carbonyl (C=O) groups is 1. The van der Waals surface area contributed by atoms with E-state index in [2.05, 4.69) is 0 Å². The number of rotatable bonds is 4. The van der Waals surface area contributed by atoms with E-state index >= 15 is 0 Å². The smallest absolute Gasteiger partial charge is 0.314 e. The first kappa shape index (κ1) is 11.7. The highest BCUT2D eigenvalue weighted by molar-refractivity contribution is 5.85. The molecule has 0 amide bonds. The minimum atomic E-state index is -1.08. The number of hydrogen-bond acceptors (Lipinski definition) is 3. The Bertz CT molecular complexity index is 466. The minimum absolute atomic E-state index is 0.169. The molecule has 5 heteroatoms. The molecule has 0 saturated heterocycles. The van der Waals surface area contributed by atoms with E-state index < -0.39 is 17.2 Å². The molecule has 4 nitrogen and oxygen atoms in total. The molecule has 1 saturated carbocycles. The Morgan fingerprint density at radius 1 is 1.29 bits per heavy atom. The highest BCUT2D eigenvalue weighted by Gasteiger charge is 2.53. The Labute approximate surface area is 98.0 Å². The number of carboxylic acids is 1. The van der Waals surface area contributed by atoms with Crippen molar-refractivity contribution in [1.29, 1.82) is 0 Å². The van der Waals surface area contributed by atoms with E-state index in [-0.39, 0.29) is 11.3 Å². The first-order valence-corrected chi connectivity index (χ1v) is 5.20. The molecule has 1 fully saturated rings. The van der Waals surface area contributed by atoms with E-state index in [0.29, 0.717) is 18.6 Å². The SMILES string of the molecule is COc1cc(F)c(C2(C(=O)O)CC2)cc1OC. The largest absolute Gasteiger partial charge is 0.493 e. The Balaban J connectivity index is 2.52. The van der Waals surface area contributed by atoms with Gasteiger partial charge in [-0.25, -0.2) is 4.39 Å². The van der Waals surface area contributed by atoms with Crippen molar-refractivity contribution < 1.29 is 23.8 Å². The normalized spacial score (nSPS) is 16.4. The average molecular weight is 240 g/mol. The van der Waals surface area contributed by atoms with Gasteiger partial charge in [0.15, 0.2) is 11.5 Å². The number of aliphatic carboxylic acids is 1. The molecule has 0 bridgehead atoms. The molecule has 92 valence electrons. The molecule has 0 atom stereocenters. The van der Waals surface area contributed by atoms with Crippen LogP contribution in [0.15, 0.2) is 12.1 Å². The number of halogens is 1. The maximum absolute atomic E-state index is 13.9. The molecular formula is C12H13FO4. The van der Waals surface area contributed by atoms with Crippen LogP contribution in [-0.4, -0.2) is 25.3 Å². The van der Waals surface area contributed by atoms with Crippen LogP contribution in [0.1, 0.15) is 18.4 Å². The van der Waals surface area contributed by atoms with E-state index in [1.807, 2.05) is 0 Å². The number of benzene rings is 1. The van der Waals surface area contributed by atoms with Crippen LogP contribution in [0, 0.1) is 5.82 Å². The fourth-order valence-corrected chi connectivity index (χ4v) is 1.94. The van der Waals surface area contributed by atoms with Gasteiger partial charge in [0, 0.05) is 11.6 Å². The van der Waals surface area contributed by atoms with Gasteiger partial charge in [-0.3, -0.25) is 4.79 Å². The highest BCUT2D eigenvalue weighted by atomic mass is 19.1. The first-order chi connectivity index (χ1) is 8.05. The Hall–Kier alpha value is -1.78. The summed E-state index contributed by atoms with van der Waals surface area (Å²) in [5, 5.41) is 9.13. The lowest BCUT2D eigenvalue weighted by molar-refractivity contribution is -0.140. The fourth-order valence-electron chi connectivity index (χ4n) is 1.94. The van der Waals surface area contributed by atoms with Crippen molar-refractivity contribution >= 4 is 5.97 Å². The topological polar surface area (TPSA) is 55.8 Å². The van der Waals surface area contributed by atoms with Crippen molar-refractivity contribution in [2.75, 3.05) is 14.2 Å². The van der Waals surface area contributed by atoms with Crippen molar-refractivity contribution in [2.45, 2.75) is 18.3 Å². The van der Waals surface area contributed by atoms with Crippen molar-refractivity contribution in [3.63, 3.8) is 0 Å². The van der Waals surface area contributed by atoms with Crippen molar-refractivity contribution in [3.8, 4) is 11.5 Å². The van der Waals surface area contributed by atoms with Crippen molar-refractivity contribution in [1.82, 2.24) is 0 Å². The summed E-state index contributed by atoms with van der Waals surface area (Å²) < 4.78 is 23.9. The van der Waals surface area contributed by atoms with Crippen LogP contribution in [0.2, 0.25) is 0 Å². The molecule has 1 aliphatic carbocycles. The summed E-state index contributed by atoms with van der Waals surface area (Å²) in [5.74, 6) is -0.961. The predicted octanol–water partition coefficient (Wildman–Crippen LogP) is 1.96. The maximum atomic E-state index is 13.9. The summed E-state index contributed by atoms with van der Waals surface area (Å²) in [7, 11) is 2.83. The first-order valence-electron chi connectivity index (χ1n) is 5.20. The monoisotopic (exact) mass is 240 g/mol. The zero-order chi connectivity index (χ0) is 12.6. The van der Waals surface area contributed by atoms with E-state index in [1.54, 1.807) is 0 Å². The second kappa shape index (κ2) is 3.91. The number of methoxy groups -OCH3 is 2. The molecule has 0 radical (unpaired) electrons. The van der Waals surface area contributed by atoms with Gasteiger partial charge < -0.3 is 14.6 Å². The van der Waals surface area contributed by atoms with Gasteiger partial charge in [0.2, 0.25) is 0 Å². The zero-order valence-electron chi connectivity index (χ0n) is 9.62. The third kappa shape index (κ3) is 1.71. The van der Waals surface area contributed by atoms with Gasteiger partial charge in [0.05, 0.1) is 19.6 Å². The standard InChI is InChI=1S/C12H13FO4/c1-16-9-5-7(8(13)6-10(9)17-2)12(3-4-12)11(14)15/h5-6H,3-4H2,1-2H3,(H,14,15). The lowest BCUT2D eigenvalue weighted by Gasteiger charge is -2.15. The molecule has 0 heterocycles. The predicted molar refractivity (Wildman–Crippen MR) is 58.1 cm³/mol. The van der Waals surface area contributed by atoms with Crippen LogP contribution in [-0.2, 0) is 10.2 Å². The molecular weight excluding hydrogens is 227 g/mol. The van der Waals surface area contributed by atoms with Gasteiger partial charge in [-0.1, -0.05) is 0 Å². The molecule has 2 rings (SSSR count). The van der Waals surface area contributed by atoms with Crippen LogP contribution in [0.4, 0.5) is 4.39 Å². The average Bonchev–Trinajstić information content (AvgIpc) is 3.09. The number of hydrogen-bond donors (Lipinski definition) is 1. The maximum Gasteiger partial charge on any atom is 0.314 e. The van der Waals surface area contributed by atoms with E-state index in [4.69, 9.17) is 14.6 Å². The Morgan fingerprint density at radius 3 is 2.24 bits per heavy atom. The number of ether oxygens (including phenoxy) is 2. The summed E-state index contributed by atoms with van der Waals surface area (Å²) >= 11 is 0. The Morgan fingerprint density at radius 2 is 1.82 bits per heavy atom. The van der Waals surface area contributed by atoms with E-state index in [0.717, 1.165) is 6.07 Å². The van der Waals surface area contributed by atoms with E-state index in [9.17, 15) is 9.18 Å². The van der Waals surface area contributed by atoms with Crippen LogP contribution >= 0.6 is 0 Å². The summed E-state index contributed by atoms with van der Waals surface area (Å²) in [6.45, 7) is 0. The third-order valence-corrected chi connectivity index (χ3v) is 3.15. The minimum Gasteiger partial charge on any atom is -0.493 e. The van der Waals surface area contributed by atoms with Crippen LogP contribution in [0.3, 0.4) is 0 Å². The van der Waals surface area contributed by atoms with Gasteiger partial charge in [0.1, 0.15) is 5.82 Å². The quantitative estimate of drug-likeness (QED) is 0.874. The number of carboxylic acid groups (broad SMARTS) is 1.